The minimum atomic E-state index is -0.302. The van der Waals surface area contributed by atoms with Crippen molar-refractivity contribution >= 4 is 40.3 Å². The first-order chi connectivity index (χ1) is 12.6. The highest BCUT2D eigenvalue weighted by Gasteiger charge is 2.11. The molecular formula is C17H20ClN3O4S. The first-order valence-electron chi connectivity index (χ1n) is 7.96. The van der Waals surface area contributed by atoms with E-state index in [0.717, 1.165) is 5.56 Å². The molecule has 1 N–H and O–H groups in total. The number of hydrogen-bond donors (Lipinski definition) is 1. The fourth-order valence-corrected chi connectivity index (χ4v) is 2.99. The molecule has 0 radical (unpaired) electrons. The molecule has 0 unspecified atom stereocenters. The normalized spacial score (nSPS) is 10.8. The van der Waals surface area contributed by atoms with Crippen LogP contribution in [-0.2, 0) is 16.0 Å². The molecule has 2 rings (SSSR count). The van der Waals surface area contributed by atoms with Crippen molar-refractivity contribution in [1.29, 1.82) is 0 Å². The largest absolute Gasteiger partial charge is 0.493 e. The maximum atomic E-state index is 11.4. The van der Waals surface area contributed by atoms with Crippen LogP contribution in [0.1, 0.15) is 25.1 Å². The van der Waals surface area contributed by atoms with Crippen LogP contribution >= 0.6 is 22.9 Å². The lowest BCUT2D eigenvalue weighted by atomic mass is 10.2. The van der Waals surface area contributed by atoms with E-state index in [4.69, 9.17) is 25.8 Å². The first kappa shape index (κ1) is 20.0. The zero-order chi connectivity index (χ0) is 18.9. The number of nitrogens with zero attached hydrogens (tertiary/aromatic N) is 2. The van der Waals surface area contributed by atoms with Crippen LogP contribution in [-0.4, -0.2) is 37.5 Å². The third-order valence-corrected chi connectivity index (χ3v) is 4.17. The topological polar surface area (TPSA) is 82.0 Å². The molecule has 0 aliphatic heterocycles. The monoisotopic (exact) mass is 397 g/mol. The second kappa shape index (κ2) is 9.98. The maximum absolute atomic E-state index is 11.4. The van der Waals surface area contributed by atoms with Gasteiger partial charge in [-0.15, -0.1) is 11.3 Å². The van der Waals surface area contributed by atoms with Gasteiger partial charge in [-0.3, -0.25) is 10.2 Å². The number of benzene rings is 1. The maximum Gasteiger partial charge on any atom is 0.311 e. The number of methoxy groups -OCH3 is 1. The van der Waals surface area contributed by atoms with Gasteiger partial charge in [0.2, 0.25) is 5.13 Å². The fourth-order valence-electron chi connectivity index (χ4n) is 2.06. The smallest absolute Gasteiger partial charge is 0.311 e. The van der Waals surface area contributed by atoms with Crippen molar-refractivity contribution in [3.8, 4) is 11.5 Å². The summed E-state index contributed by atoms with van der Waals surface area (Å²) in [6.07, 6.45) is 1.73. The molecule has 9 heteroatoms. The second-order valence-electron chi connectivity index (χ2n) is 4.96. The van der Waals surface area contributed by atoms with Gasteiger partial charge < -0.3 is 14.2 Å². The van der Waals surface area contributed by atoms with Crippen LogP contribution in [0.5, 0.6) is 11.5 Å². The predicted molar refractivity (Wildman–Crippen MR) is 103 cm³/mol. The molecule has 1 heterocycles. The van der Waals surface area contributed by atoms with Gasteiger partial charge in [0.1, 0.15) is 0 Å². The van der Waals surface area contributed by atoms with Gasteiger partial charge in [0.15, 0.2) is 11.5 Å². The van der Waals surface area contributed by atoms with E-state index < -0.39 is 0 Å². The molecule has 0 aliphatic carbocycles. The highest BCUT2D eigenvalue weighted by Crippen LogP contribution is 2.36. The lowest BCUT2D eigenvalue weighted by molar-refractivity contribution is -0.142. The summed E-state index contributed by atoms with van der Waals surface area (Å²) in [7, 11) is 1.55. The van der Waals surface area contributed by atoms with Gasteiger partial charge in [0.25, 0.3) is 0 Å². The molecule has 26 heavy (non-hydrogen) atoms. The van der Waals surface area contributed by atoms with Crippen molar-refractivity contribution < 1.29 is 19.0 Å². The molecule has 140 valence electrons. The van der Waals surface area contributed by atoms with E-state index in [2.05, 4.69) is 15.5 Å². The van der Waals surface area contributed by atoms with E-state index in [-0.39, 0.29) is 12.4 Å². The van der Waals surface area contributed by atoms with E-state index in [1.807, 2.05) is 6.92 Å². The van der Waals surface area contributed by atoms with E-state index in [0.29, 0.717) is 40.6 Å². The Balaban J connectivity index is 2.01. The number of hydrogen-bond acceptors (Lipinski definition) is 8. The second-order valence-corrected chi connectivity index (χ2v) is 6.23. The highest BCUT2D eigenvalue weighted by atomic mass is 35.5. The number of nitrogens with one attached hydrogen (secondary N) is 1. The molecule has 0 saturated carbocycles. The molecule has 0 bridgehead atoms. The van der Waals surface area contributed by atoms with Crippen LogP contribution in [0.2, 0.25) is 5.02 Å². The Bertz CT molecular complexity index is 779. The van der Waals surface area contributed by atoms with Crippen molar-refractivity contribution in [2.75, 3.05) is 25.7 Å². The lowest BCUT2D eigenvalue weighted by Gasteiger charge is -2.11. The molecule has 1 aromatic carbocycles. The fraction of sp³-hybridized carbons (Fsp3) is 0.353. The van der Waals surface area contributed by atoms with E-state index in [1.165, 1.54) is 11.3 Å². The quantitative estimate of drug-likeness (QED) is 0.394. The summed E-state index contributed by atoms with van der Waals surface area (Å²) in [4.78, 5) is 15.7. The summed E-state index contributed by atoms with van der Waals surface area (Å²) in [5.41, 5.74) is 4.20. The molecule has 2 aromatic rings. The highest BCUT2D eigenvalue weighted by molar-refractivity contribution is 7.13. The summed E-state index contributed by atoms with van der Waals surface area (Å²) in [6, 6.07) is 3.50. The number of esters is 1. The minimum Gasteiger partial charge on any atom is -0.493 e. The molecule has 0 spiro atoms. The molecular weight excluding hydrogens is 378 g/mol. The van der Waals surface area contributed by atoms with Crippen molar-refractivity contribution in [2.45, 2.75) is 20.3 Å². The van der Waals surface area contributed by atoms with Gasteiger partial charge in [-0.2, -0.15) is 5.10 Å². The Morgan fingerprint density at radius 2 is 2.19 bits per heavy atom. The van der Waals surface area contributed by atoms with Crippen LogP contribution in [0.3, 0.4) is 0 Å². The van der Waals surface area contributed by atoms with E-state index in [9.17, 15) is 4.79 Å². The number of anilines is 1. The Labute approximate surface area is 160 Å². The molecule has 0 amide bonds. The predicted octanol–water partition coefficient (Wildman–Crippen LogP) is 3.76. The summed E-state index contributed by atoms with van der Waals surface area (Å²) in [5.74, 6) is 0.737. The molecule has 0 saturated heterocycles. The average Bonchev–Trinajstić information content (AvgIpc) is 3.04. The van der Waals surface area contributed by atoms with Gasteiger partial charge in [0, 0.05) is 5.38 Å². The van der Waals surface area contributed by atoms with Gasteiger partial charge in [0.05, 0.1) is 43.7 Å². The van der Waals surface area contributed by atoms with Gasteiger partial charge in [-0.1, -0.05) is 11.6 Å². The zero-order valence-electron chi connectivity index (χ0n) is 14.7. The number of hydrazone groups is 1. The van der Waals surface area contributed by atoms with E-state index >= 15 is 0 Å². The Morgan fingerprint density at radius 1 is 1.38 bits per heavy atom. The third kappa shape index (κ3) is 5.60. The molecule has 0 fully saturated rings. The van der Waals surface area contributed by atoms with Crippen LogP contribution < -0.4 is 14.9 Å². The standard InChI is InChI=1S/C17H20ClN3O4S/c1-4-24-15(22)8-12-10-26-17(20-12)21-19-9-11-6-13(18)16(25-5-2)14(7-11)23-3/h6-7,9-10H,4-5,8H2,1-3H3,(H,20,21). The van der Waals surface area contributed by atoms with Crippen molar-refractivity contribution in [3.05, 3.63) is 33.8 Å². The zero-order valence-corrected chi connectivity index (χ0v) is 16.3. The van der Waals surface area contributed by atoms with Crippen LogP contribution in [0.4, 0.5) is 5.13 Å². The Kier molecular flexibility index (Phi) is 7.68. The van der Waals surface area contributed by atoms with Crippen molar-refractivity contribution in [3.63, 3.8) is 0 Å². The summed E-state index contributed by atoms with van der Waals surface area (Å²) >= 11 is 7.57. The molecule has 0 aliphatic rings. The number of carbonyl (C=O) groups is 1. The van der Waals surface area contributed by atoms with Crippen LogP contribution in [0.25, 0.3) is 0 Å². The Hall–Kier alpha value is -2.32. The van der Waals surface area contributed by atoms with Gasteiger partial charge in [-0.25, -0.2) is 4.98 Å². The number of rotatable bonds is 9. The minimum absolute atomic E-state index is 0.140. The number of thiazole rings is 1. The van der Waals surface area contributed by atoms with Crippen molar-refractivity contribution in [1.82, 2.24) is 4.98 Å². The number of aromatic nitrogens is 1. The molecule has 7 nitrogen and oxygen atoms in total. The number of halogens is 1. The Morgan fingerprint density at radius 3 is 2.88 bits per heavy atom. The number of ether oxygens (including phenoxy) is 3. The van der Waals surface area contributed by atoms with E-state index in [1.54, 1.807) is 37.8 Å². The average molecular weight is 398 g/mol. The van der Waals surface area contributed by atoms with Gasteiger partial charge >= 0.3 is 5.97 Å². The SMILES string of the molecule is CCOC(=O)Cc1csc(NN=Cc2cc(Cl)c(OCC)c(OC)c2)n1. The van der Waals surface area contributed by atoms with Gasteiger partial charge in [-0.05, 0) is 31.5 Å². The molecule has 1 aromatic heterocycles. The summed E-state index contributed by atoms with van der Waals surface area (Å²) in [5, 5.41) is 6.93. The number of carbonyl (C=O) groups excluding carboxylic acids is 1. The first-order valence-corrected chi connectivity index (χ1v) is 9.22. The molecule has 0 atom stereocenters. The lowest BCUT2D eigenvalue weighted by Crippen LogP contribution is -2.07. The van der Waals surface area contributed by atoms with Crippen molar-refractivity contribution in [2.24, 2.45) is 5.10 Å². The van der Waals surface area contributed by atoms with Crippen LogP contribution in [0, 0.1) is 0 Å². The van der Waals surface area contributed by atoms with Crippen LogP contribution in [0.15, 0.2) is 22.6 Å². The summed E-state index contributed by atoms with van der Waals surface area (Å²) < 4.78 is 15.7. The summed E-state index contributed by atoms with van der Waals surface area (Å²) in [6.45, 7) is 4.48. The third-order valence-electron chi connectivity index (χ3n) is 3.10.